The van der Waals surface area contributed by atoms with E-state index >= 15 is 0 Å². The Labute approximate surface area is 257 Å². The van der Waals surface area contributed by atoms with Gasteiger partial charge in [0.2, 0.25) is 0 Å². The molecule has 5 aromatic rings. The van der Waals surface area contributed by atoms with E-state index < -0.39 is 10.9 Å². The second-order valence-electron chi connectivity index (χ2n) is 9.40. The third kappa shape index (κ3) is 6.77. The van der Waals surface area contributed by atoms with Crippen molar-refractivity contribution in [3.05, 3.63) is 128 Å². The molecule has 10 heteroatoms. The summed E-state index contributed by atoms with van der Waals surface area (Å²) in [5.74, 6) is 0.753. The van der Waals surface area contributed by atoms with Crippen LogP contribution in [0.25, 0.3) is 34.5 Å². The van der Waals surface area contributed by atoms with Gasteiger partial charge in [-0.05, 0) is 72.2 Å². The highest BCUT2D eigenvalue weighted by Gasteiger charge is 2.22. The van der Waals surface area contributed by atoms with Gasteiger partial charge >= 0.3 is 5.97 Å². The molecule has 0 saturated carbocycles. The number of esters is 1. The van der Waals surface area contributed by atoms with Crippen molar-refractivity contribution in [1.82, 2.24) is 9.55 Å². The number of imidazole rings is 1. The van der Waals surface area contributed by atoms with Crippen LogP contribution in [-0.4, -0.2) is 27.6 Å². The maximum Gasteiger partial charge on any atom is 0.344 e. The topological polar surface area (TPSA) is 96.5 Å². The summed E-state index contributed by atoms with van der Waals surface area (Å²) in [5, 5.41) is 12.5. The van der Waals surface area contributed by atoms with Gasteiger partial charge in [-0.1, -0.05) is 65.7 Å². The van der Waals surface area contributed by atoms with Crippen molar-refractivity contribution < 1.29 is 19.2 Å². The molecule has 5 rings (SSSR count). The number of carbonyl (C=O) groups is 1. The first-order valence-corrected chi connectivity index (χ1v) is 14.0. The van der Waals surface area contributed by atoms with Crippen molar-refractivity contribution in [2.45, 2.75) is 13.5 Å². The molecule has 0 aliphatic heterocycles. The molecule has 0 spiro atoms. The normalized spacial score (nSPS) is 11.1. The predicted molar refractivity (Wildman–Crippen MR) is 169 cm³/mol. The minimum Gasteiger partial charge on any atom is -0.465 e. The predicted octanol–water partition coefficient (Wildman–Crippen LogP) is 9.20. The van der Waals surface area contributed by atoms with Gasteiger partial charge < -0.3 is 14.0 Å². The Kier molecular flexibility index (Phi) is 8.90. The highest BCUT2D eigenvalue weighted by molar-refractivity contribution is 6.36. The lowest BCUT2D eigenvalue weighted by atomic mass is 10.0. The Morgan fingerprint density at radius 3 is 2.23 bits per heavy atom. The minimum absolute atomic E-state index is 0.142. The van der Waals surface area contributed by atoms with Crippen LogP contribution in [0.3, 0.4) is 0 Å². The summed E-state index contributed by atoms with van der Waals surface area (Å²) in [6.07, 6.45) is 5.96. The third-order valence-electron chi connectivity index (χ3n) is 6.69. The average molecular weight is 614 g/mol. The van der Waals surface area contributed by atoms with Crippen LogP contribution in [0.2, 0.25) is 10.0 Å². The average Bonchev–Trinajstić information content (AvgIpc) is 3.43. The van der Waals surface area contributed by atoms with Gasteiger partial charge in [-0.2, -0.15) is 0 Å². The number of nitrogens with zero attached hydrogens (tertiary/aromatic N) is 3. The van der Waals surface area contributed by atoms with Crippen LogP contribution in [-0.2, 0) is 11.3 Å². The number of aromatic nitrogens is 2. The molecule has 0 radical (unpaired) electrons. The van der Waals surface area contributed by atoms with Gasteiger partial charge in [0.25, 0.3) is 5.69 Å². The Hall–Kier alpha value is -4.92. The summed E-state index contributed by atoms with van der Waals surface area (Å²) >= 11 is 12.4. The molecule has 0 saturated heterocycles. The SMILES string of the molecule is CCn1cc(-c2ccc(Cl)cc2Cl)nc1C=Cc1ccc(-c2ccc(Oc3ccc(C(=O)OC)c([N+](=O)[O-])c3)cc2)cc1. The number of aryl methyl sites for hydroxylation is 1. The van der Waals surface area contributed by atoms with Gasteiger partial charge in [0.1, 0.15) is 22.9 Å². The first-order chi connectivity index (χ1) is 20.7. The zero-order valence-electron chi connectivity index (χ0n) is 23.2. The lowest BCUT2D eigenvalue weighted by Gasteiger charge is -2.09. The maximum atomic E-state index is 11.8. The molecular formula is C33H25Cl2N3O5. The number of halogens is 2. The van der Waals surface area contributed by atoms with Crippen LogP contribution in [0.4, 0.5) is 5.69 Å². The molecule has 1 aromatic heterocycles. The number of hydrogen-bond acceptors (Lipinski definition) is 6. The molecule has 8 nitrogen and oxygen atoms in total. The molecule has 43 heavy (non-hydrogen) atoms. The van der Waals surface area contributed by atoms with E-state index in [4.69, 9.17) is 32.9 Å². The molecule has 0 aliphatic rings. The molecule has 216 valence electrons. The van der Waals surface area contributed by atoms with E-state index in [9.17, 15) is 14.9 Å². The fourth-order valence-electron chi connectivity index (χ4n) is 4.46. The standard InChI is InChI=1S/C33H25Cl2N3O5/c1-3-37-20-30(27-15-11-24(34)18-29(27)35)36-32(37)17-6-21-4-7-22(8-5-21)23-9-12-25(13-10-23)43-26-14-16-28(33(39)42-2)31(19-26)38(40)41/h4-20H,3H2,1-2H3. The highest BCUT2D eigenvalue weighted by Crippen LogP contribution is 2.32. The van der Waals surface area contributed by atoms with Gasteiger partial charge in [0.05, 0.1) is 28.8 Å². The summed E-state index contributed by atoms with van der Waals surface area (Å²) in [4.78, 5) is 27.4. The van der Waals surface area contributed by atoms with E-state index in [1.165, 1.54) is 25.3 Å². The zero-order chi connectivity index (χ0) is 30.5. The lowest BCUT2D eigenvalue weighted by molar-refractivity contribution is -0.385. The van der Waals surface area contributed by atoms with Gasteiger partial charge in [0.15, 0.2) is 0 Å². The molecule has 1 heterocycles. The first-order valence-electron chi connectivity index (χ1n) is 13.2. The monoisotopic (exact) mass is 613 g/mol. The van der Waals surface area contributed by atoms with Gasteiger partial charge in [-0.3, -0.25) is 10.1 Å². The number of rotatable bonds is 9. The summed E-state index contributed by atoms with van der Waals surface area (Å²) in [6.45, 7) is 2.81. The van der Waals surface area contributed by atoms with Crippen LogP contribution in [0.5, 0.6) is 11.5 Å². The molecule has 0 fully saturated rings. The fraction of sp³-hybridized carbons (Fsp3) is 0.0909. The van der Waals surface area contributed by atoms with E-state index in [0.717, 1.165) is 40.3 Å². The number of benzene rings is 4. The second kappa shape index (κ2) is 12.9. The van der Waals surface area contributed by atoms with Crippen LogP contribution < -0.4 is 4.74 Å². The molecule has 4 aromatic carbocycles. The second-order valence-corrected chi connectivity index (χ2v) is 10.2. The van der Waals surface area contributed by atoms with Crippen LogP contribution in [0.1, 0.15) is 28.7 Å². The summed E-state index contributed by atoms with van der Waals surface area (Å²) in [7, 11) is 1.17. The Bertz CT molecular complexity index is 1830. The number of nitro benzene ring substituents is 1. The molecule has 0 N–H and O–H groups in total. The van der Waals surface area contributed by atoms with Crippen LogP contribution in [0.15, 0.2) is 91.1 Å². The van der Waals surface area contributed by atoms with Crippen LogP contribution >= 0.6 is 23.2 Å². The lowest BCUT2D eigenvalue weighted by Crippen LogP contribution is -2.05. The van der Waals surface area contributed by atoms with Gasteiger partial charge in [0, 0.05) is 23.3 Å². The van der Waals surface area contributed by atoms with E-state index in [1.807, 2.05) is 60.8 Å². The molecule has 0 atom stereocenters. The number of ether oxygens (including phenoxy) is 2. The Balaban J connectivity index is 1.28. The van der Waals surface area contributed by atoms with Crippen molar-refractivity contribution in [2.75, 3.05) is 7.11 Å². The van der Waals surface area contributed by atoms with E-state index in [2.05, 4.69) is 16.2 Å². The van der Waals surface area contributed by atoms with Crippen molar-refractivity contribution >= 4 is 47.0 Å². The molecule has 0 unspecified atom stereocenters. The quantitative estimate of drug-likeness (QED) is 0.0933. The smallest absolute Gasteiger partial charge is 0.344 e. The number of nitro groups is 1. The number of carbonyl (C=O) groups excluding carboxylic acids is 1. The van der Waals surface area contributed by atoms with E-state index in [1.54, 1.807) is 24.3 Å². The van der Waals surface area contributed by atoms with Gasteiger partial charge in [-0.15, -0.1) is 0 Å². The van der Waals surface area contributed by atoms with Crippen LogP contribution in [0, 0.1) is 10.1 Å². The molecule has 0 bridgehead atoms. The van der Waals surface area contributed by atoms with Crippen molar-refractivity contribution in [1.29, 1.82) is 0 Å². The Morgan fingerprint density at radius 2 is 1.60 bits per heavy atom. The third-order valence-corrected chi connectivity index (χ3v) is 7.23. The molecule has 0 amide bonds. The summed E-state index contributed by atoms with van der Waals surface area (Å²) in [6, 6.07) is 24.8. The molecule has 0 aliphatic carbocycles. The largest absolute Gasteiger partial charge is 0.465 e. The zero-order valence-corrected chi connectivity index (χ0v) is 24.7. The fourth-order valence-corrected chi connectivity index (χ4v) is 4.97. The van der Waals surface area contributed by atoms with Crippen molar-refractivity contribution in [2.24, 2.45) is 0 Å². The van der Waals surface area contributed by atoms with Gasteiger partial charge in [-0.25, -0.2) is 9.78 Å². The van der Waals surface area contributed by atoms with Crippen molar-refractivity contribution in [3.8, 4) is 33.9 Å². The number of hydrogen-bond donors (Lipinski definition) is 0. The summed E-state index contributed by atoms with van der Waals surface area (Å²) in [5.41, 5.74) is 4.07. The first kappa shape index (κ1) is 29.6. The Morgan fingerprint density at radius 1 is 0.930 bits per heavy atom. The van der Waals surface area contributed by atoms with E-state index in [-0.39, 0.29) is 17.0 Å². The summed E-state index contributed by atoms with van der Waals surface area (Å²) < 4.78 is 12.5. The number of methoxy groups -OCH3 is 1. The molecular weight excluding hydrogens is 589 g/mol. The highest BCUT2D eigenvalue weighted by atomic mass is 35.5. The maximum absolute atomic E-state index is 11.8. The minimum atomic E-state index is -0.787. The van der Waals surface area contributed by atoms with E-state index in [0.29, 0.717) is 15.8 Å². The van der Waals surface area contributed by atoms with Crippen molar-refractivity contribution in [3.63, 3.8) is 0 Å².